The molecule has 0 bridgehead atoms. The number of carbonyl (C=O) groups is 4. The fourth-order valence-electron chi connectivity index (χ4n) is 8.02. The van der Waals surface area contributed by atoms with Crippen LogP contribution in [-0.2, 0) is 9.59 Å². The number of fused-ring (bicyclic) bond motifs is 2. The van der Waals surface area contributed by atoms with Crippen LogP contribution in [0.4, 0.5) is 22.7 Å². The van der Waals surface area contributed by atoms with E-state index in [9.17, 15) is 19.2 Å². The van der Waals surface area contributed by atoms with E-state index in [0.29, 0.717) is 37.1 Å². The molecule has 1 saturated heterocycles. The molecule has 53 heavy (non-hydrogen) atoms. The maximum Gasteiger partial charge on any atom is 0.253 e. The van der Waals surface area contributed by atoms with Gasteiger partial charge in [0.2, 0.25) is 11.8 Å². The van der Waals surface area contributed by atoms with E-state index in [1.54, 1.807) is 4.90 Å². The summed E-state index contributed by atoms with van der Waals surface area (Å²) in [7, 11) is 0. The molecule has 274 valence electrons. The zero-order chi connectivity index (χ0) is 37.2. The molecule has 0 aliphatic carbocycles. The maximum atomic E-state index is 13.3. The number of nitrogens with one attached hydrogen (secondary N) is 3. The first kappa shape index (κ1) is 35.7. The van der Waals surface area contributed by atoms with Crippen molar-refractivity contribution in [3.8, 4) is 0 Å². The number of benzene rings is 4. The minimum Gasteiger partial charge on any atom is -0.378 e. The lowest BCUT2D eigenvalue weighted by Gasteiger charge is -2.40. The number of rotatable bonds is 9. The third-order valence-corrected chi connectivity index (χ3v) is 10.8. The molecular formula is C43H48N6O4. The second-order valence-corrected chi connectivity index (χ2v) is 14.5. The highest BCUT2D eigenvalue weighted by Gasteiger charge is 2.35. The Bertz CT molecular complexity index is 1990. The lowest BCUT2D eigenvalue weighted by Crippen LogP contribution is -2.60. The molecule has 3 aliphatic heterocycles. The van der Waals surface area contributed by atoms with E-state index in [0.717, 1.165) is 46.7 Å². The SMILES string of the molecule is CCC(=O)N1c2ccccc2[C@H](Nc2ccc(C(=O)NC3CN(C(=O)c4ccc(N[C@@H]5C[C@H](C)N(C(=O)CC)c6ccccc65)cc4)C3)cc2)C[C@@H]1C. The Morgan fingerprint density at radius 1 is 0.604 bits per heavy atom. The Kier molecular flexibility index (Phi) is 10.2. The Morgan fingerprint density at radius 3 is 1.49 bits per heavy atom. The van der Waals surface area contributed by atoms with Crippen LogP contribution in [-0.4, -0.2) is 59.7 Å². The van der Waals surface area contributed by atoms with Crippen LogP contribution in [0.3, 0.4) is 0 Å². The molecule has 0 unspecified atom stereocenters. The monoisotopic (exact) mass is 712 g/mol. The van der Waals surface area contributed by atoms with Gasteiger partial charge in [-0.3, -0.25) is 19.2 Å². The van der Waals surface area contributed by atoms with Crippen LogP contribution in [0.15, 0.2) is 97.1 Å². The third kappa shape index (κ3) is 7.23. The van der Waals surface area contributed by atoms with Crippen molar-refractivity contribution in [1.29, 1.82) is 0 Å². The molecule has 10 heteroatoms. The first-order valence-corrected chi connectivity index (χ1v) is 18.8. The molecule has 3 N–H and O–H groups in total. The fourth-order valence-corrected chi connectivity index (χ4v) is 8.02. The van der Waals surface area contributed by atoms with Crippen LogP contribution < -0.4 is 25.8 Å². The quantitative estimate of drug-likeness (QED) is 0.168. The molecule has 3 aliphatic rings. The van der Waals surface area contributed by atoms with Gasteiger partial charge in [0.25, 0.3) is 11.8 Å². The summed E-state index contributed by atoms with van der Waals surface area (Å²) in [6.07, 6.45) is 2.48. The van der Waals surface area contributed by atoms with Crippen molar-refractivity contribution in [2.45, 2.75) is 83.6 Å². The minimum absolute atomic E-state index is 0.0378. The summed E-state index contributed by atoms with van der Waals surface area (Å²) in [4.78, 5) is 57.3. The van der Waals surface area contributed by atoms with Gasteiger partial charge in [0.1, 0.15) is 0 Å². The Morgan fingerprint density at radius 2 is 1.04 bits per heavy atom. The summed E-state index contributed by atoms with van der Waals surface area (Å²) in [6.45, 7) is 8.85. The van der Waals surface area contributed by atoms with Crippen LogP contribution in [0.2, 0.25) is 0 Å². The van der Waals surface area contributed by atoms with Crippen LogP contribution >= 0.6 is 0 Å². The van der Waals surface area contributed by atoms with Gasteiger partial charge in [0.05, 0.1) is 18.1 Å². The third-order valence-electron chi connectivity index (χ3n) is 10.8. The van der Waals surface area contributed by atoms with Gasteiger partial charge in [0, 0.05) is 71.9 Å². The van der Waals surface area contributed by atoms with Gasteiger partial charge in [-0.1, -0.05) is 50.2 Å². The number of carbonyl (C=O) groups excluding carboxylic acids is 4. The highest BCUT2D eigenvalue weighted by Crippen LogP contribution is 2.40. The first-order chi connectivity index (χ1) is 25.6. The molecule has 7 rings (SSSR count). The van der Waals surface area contributed by atoms with Crippen LogP contribution in [0.25, 0.3) is 0 Å². The number of nitrogens with zero attached hydrogens (tertiary/aromatic N) is 3. The molecule has 10 nitrogen and oxygen atoms in total. The Labute approximate surface area is 311 Å². The first-order valence-electron chi connectivity index (χ1n) is 18.8. The molecule has 0 saturated carbocycles. The van der Waals surface area contributed by atoms with Crippen molar-refractivity contribution < 1.29 is 19.2 Å². The van der Waals surface area contributed by atoms with Gasteiger partial charge < -0.3 is 30.7 Å². The van der Waals surface area contributed by atoms with Gasteiger partial charge >= 0.3 is 0 Å². The van der Waals surface area contributed by atoms with Crippen molar-refractivity contribution in [3.63, 3.8) is 0 Å². The smallest absolute Gasteiger partial charge is 0.253 e. The Balaban J connectivity index is 0.906. The van der Waals surface area contributed by atoms with Crippen molar-refractivity contribution in [2.75, 3.05) is 33.5 Å². The van der Waals surface area contributed by atoms with Crippen molar-refractivity contribution in [3.05, 3.63) is 119 Å². The second kappa shape index (κ2) is 15.1. The van der Waals surface area contributed by atoms with E-state index in [2.05, 4.69) is 41.9 Å². The van der Waals surface area contributed by atoms with Gasteiger partial charge in [0.15, 0.2) is 0 Å². The topological polar surface area (TPSA) is 114 Å². The lowest BCUT2D eigenvalue weighted by atomic mass is 9.91. The molecule has 1 fully saturated rings. The van der Waals surface area contributed by atoms with Gasteiger partial charge in [-0.2, -0.15) is 0 Å². The summed E-state index contributed by atoms with van der Waals surface area (Å²) < 4.78 is 0. The molecule has 4 amide bonds. The van der Waals surface area contributed by atoms with E-state index < -0.39 is 0 Å². The summed E-state index contributed by atoms with van der Waals surface area (Å²) in [5, 5.41) is 10.3. The van der Waals surface area contributed by atoms with E-state index in [4.69, 9.17) is 0 Å². The molecule has 4 atom stereocenters. The van der Waals surface area contributed by atoms with Crippen LogP contribution in [0.5, 0.6) is 0 Å². The largest absolute Gasteiger partial charge is 0.378 e. The van der Waals surface area contributed by atoms with E-state index in [1.807, 2.05) is 109 Å². The zero-order valence-electron chi connectivity index (χ0n) is 30.8. The summed E-state index contributed by atoms with van der Waals surface area (Å²) in [6, 6.07) is 31.2. The van der Waals surface area contributed by atoms with E-state index in [-0.39, 0.29) is 53.8 Å². The maximum absolute atomic E-state index is 13.3. The standard InChI is InChI=1S/C43H48N6O4/c1-5-40(50)48-27(3)23-36(34-11-7-9-13-38(34)48)44-31-19-15-29(16-20-31)42(52)46-33-25-47(26-33)43(53)30-17-21-32(22-18-30)45-37-24-28(4)49(41(51)6-2)39-14-10-8-12-35(37)39/h7-22,27-28,33,36-37,44-45H,5-6,23-26H2,1-4H3,(H,46,52)/t27-,28-,36+,37+/m0/s1. The second-order valence-electron chi connectivity index (χ2n) is 14.5. The fraction of sp³-hybridized carbons (Fsp3) is 0.349. The summed E-state index contributed by atoms with van der Waals surface area (Å²) in [5.74, 6) is 0.00808. The van der Waals surface area contributed by atoms with Crippen molar-refractivity contribution in [2.24, 2.45) is 0 Å². The normalized spacial score (nSPS) is 20.8. The van der Waals surface area contributed by atoms with Gasteiger partial charge in [-0.05, 0) is 98.5 Å². The summed E-state index contributed by atoms with van der Waals surface area (Å²) in [5.41, 5.74) is 7.04. The number of anilines is 4. The highest BCUT2D eigenvalue weighted by molar-refractivity contribution is 5.98. The number of likely N-dealkylation sites (tertiary alicyclic amines) is 1. The number of hydrogen-bond acceptors (Lipinski definition) is 6. The molecule has 0 aromatic heterocycles. The molecule has 0 spiro atoms. The predicted octanol–water partition coefficient (Wildman–Crippen LogP) is 7.32. The number of amides is 4. The summed E-state index contributed by atoms with van der Waals surface area (Å²) >= 11 is 0. The van der Waals surface area contributed by atoms with Crippen molar-refractivity contribution in [1.82, 2.24) is 10.2 Å². The number of para-hydroxylation sites is 2. The number of hydrogen-bond donors (Lipinski definition) is 3. The zero-order valence-corrected chi connectivity index (χ0v) is 30.8. The van der Waals surface area contributed by atoms with Crippen molar-refractivity contribution >= 4 is 46.4 Å². The predicted molar refractivity (Wildman–Crippen MR) is 209 cm³/mol. The lowest BCUT2D eigenvalue weighted by molar-refractivity contribution is -0.119. The molecule has 3 heterocycles. The van der Waals surface area contributed by atoms with Gasteiger partial charge in [-0.25, -0.2) is 0 Å². The average molecular weight is 713 g/mol. The van der Waals surface area contributed by atoms with Crippen LogP contribution in [0.1, 0.15) is 97.3 Å². The molecule has 4 aromatic rings. The average Bonchev–Trinajstić information content (AvgIpc) is 3.16. The molecular weight excluding hydrogens is 665 g/mol. The van der Waals surface area contributed by atoms with Gasteiger partial charge in [-0.15, -0.1) is 0 Å². The Hall–Kier alpha value is -5.64. The molecule has 4 aromatic carbocycles. The molecule has 0 radical (unpaired) electrons. The highest BCUT2D eigenvalue weighted by atomic mass is 16.2. The van der Waals surface area contributed by atoms with E-state index in [1.165, 1.54) is 0 Å². The van der Waals surface area contributed by atoms with Crippen LogP contribution in [0, 0.1) is 0 Å². The van der Waals surface area contributed by atoms with E-state index >= 15 is 0 Å². The minimum atomic E-state index is -0.171.